The minimum Gasteiger partial charge on any atom is -0.464 e. The molecule has 1 heterocycles. The van der Waals surface area contributed by atoms with Crippen molar-refractivity contribution in [2.45, 2.75) is 13.0 Å². The smallest absolute Gasteiger partial charge is 0.310 e. The van der Waals surface area contributed by atoms with E-state index in [1.807, 2.05) is 0 Å². The first-order valence-corrected chi connectivity index (χ1v) is 2.64. The number of hydrogen-bond acceptors (Lipinski definition) is 3. The van der Waals surface area contributed by atoms with E-state index in [1.54, 1.807) is 6.92 Å². The van der Waals surface area contributed by atoms with Crippen LogP contribution in [0, 0.1) is 5.92 Å². The zero-order valence-corrected chi connectivity index (χ0v) is 4.76. The van der Waals surface area contributed by atoms with Crippen molar-refractivity contribution in [1.29, 1.82) is 0 Å². The molecule has 1 aliphatic rings. The Morgan fingerprint density at radius 1 is 1.88 bits per heavy atom. The molecule has 0 saturated carbocycles. The van der Waals surface area contributed by atoms with Gasteiger partial charge in [0.15, 0.2) is 0 Å². The first kappa shape index (κ1) is 5.56. The van der Waals surface area contributed by atoms with Crippen molar-refractivity contribution in [2.75, 3.05) is 6.61 Å². The second-order valence-corrected chi connectivity index (χ2v) is 2.08. The van der Waals surface area contributed by atoms with Gasteiger partial charge in [-0.3, -0.25) is 4.79 Å². The molecule has 8 heavy (non-hydrogen) atoms. The highest BCUT2D eigenvalue weighted by molar-refractivity contribution is 5.74. The highest BCUT2D eigenvalue weighted by Gasteiger charge is 2.29. The lowest BCUT2D eigenvalue weighted by molar-refractivity contribution is -0.140. The monoisotopic (exact) mass is 115 g/mol. The summed E-state index contributed by atoms with van der Waals surface area (Å²) in [6.07, 6.45) is 0. The summed E-state index contributed by atoms with van der Waals surface area (Å²) in [5.74, 6) is -0.271. The van der Waals surface area contributed by atoms with E-state index in [2.05, 4.69) is 4.74 Å². The minimum atomic E-state index is -0.169. The van der Waals surface area contributed by atoms with Gasteiger partial charge in [0.25, 0.3) is 0 Å². The molecule has 1 aliphatic heterocycles. The lowest BCUT2D eigenvalue weighted by Gasteiger charge is -1.98. The van der Waals surface area contributed by atoms with Crippen molar-refractivity contribution in [1.82, 2.24) is 0 Å². The molecule has 1 rings (SSSR count). The van der Waals surface area contributed by atoms with E-state index in [0.717, 1.165) is 0 Å². The number of cyclic esters (lactones) is 1. The van der Waals surface area contributed by atoms with Crippen molar-refractivity contribution < 1.29 is 9.53 Å². The Labute approximate surface area is 47.8 Å². The number of ether oxygens (including phenoxy) is 1. The molecule has 2 atom stereocenters. The predicted molar refractivity (Wildman–Crippen MR) is 28.1 cm³/mol. The van der Waals surface area contributed by atoms with Gasteiger partial charge < -0.3 is 10.5 Å². The summed E-state index contributed by atoms with van der Waals surface area (Å²) in [4.78, 5) is 10.5. The zero-order chi connectivity index (χ0) is 6.15. The number of rotatable bonds is 0. The average Bonchev–Trinajstić information content (AvgIpc) is 1.98. The third-order valence-corrected chi connectivity index (χ3v) is 1.43. The Kier molecular flexibility index (Phi) is 1.21. The van der Waals surface area contributed by atoms with E-state index in [1.165, 1.54) is 0 Å². The largest absolute Gasteiger partial charge is 0.464 e. The summed E-state index contributed by atoms with van der Waals surface area (Å²) in [6, 6.07) is -0.0810. The molecule has 1 fully saturated rings. The summed E-state index contributed by atoms with van der Waals surface area (Å²) < 4.78 is 4.61. The fourth-order valence-corrected chi connectivity index (χ4v) is 0.629. The number of nitrogens with two attached hydrogens (primary N) is 1. The van der Waals surface area contributed by atoms with Crippen LogP contribution in [0.5, 0.6) is 0 Å². The summed E-state index contributed by atoms with van der Waals surface area (Å²) in [7, 11) is 0. The van der Waals surface area contributed by atoms with Crippen LogP contribution >= 0.6 is 0 Å². The molecule has 2 N–H and O–H groups in total. The zero-order valence-electron chi connectivity index (χ0n) is 4.76. The van der Waals surface area contributed by atoms with Crippen LogP contribution in [0.3, 0.4) is 0 Å². The van der Waals surface area contributed by atoms with E-state index < -0.39 is 0 Å². The molecule has 1 saturated heterocycles. The van der Waals surface area contributed by atoms with E-state index in [0.29, 0.717) is 6.61 Å². The van der Waals surface area contributed by atoms with Gasteiger partial charge in [-0.25, -0.2) is 0 Å². The highest BCUT2D eigenvalue weighted by atomic mass is 16.5. The Balaban J connectivity index is 2.56. The molecular formula is C5H9NO2. The van der Waals surface area contributed by atoms with Crippen molar-refractivity contribution >= 4 is 5.97 Å². The van der Waals surface area contributed by atoms with Gasteiger partial charge in [0, 0.05) is 0 Å². The SMILES string of the molecule is C[C@@H]1C(=O)OC[C@H]1N. The van der Waals surface area contributed by atoms with Crippen LogP contribution in [0.15, 0.2) is 0 Å². The summed E-state index contributed by atoms with van der Waals surface area (Å²) in [5, 5.41) is 0. The van der Waals surface area contributed by atoms with E-state index >= 15 is 0 Å². The summed E-state index contributed by atoms with van der Waals surface area (Å²) in [5.41, 5.74) is 5.42. The van der Waals surface area contributed by atoms with E-state index in [9.17, 15) is 4.79 Å². The van der Waals surface area contributed by atoms with Gasteiger partial charge in [-0.05, 0) is 0 Å². The van der Waals surface area contributed by atoms with Crippen LogP contribution in [-0.4, -0.2) is 18.6 Å². The molecule has 0 aromatic rings. The summed E-state index contributed by atoms with van der Waals surface area (Å²) in [6.45, 7) is 2.17. The third kappa shape index (κ3) is 0.690. The molecule has 46 valence electrons. The Morgan fingerprint density at radius 2 is 2.50 bits per heavy atom. The molecule has 0 radical (unpaired) electrons. The normalized spacial score (nSPS) is 37.5. The van der Waals surface area contributed by atoms with Crippen molar-refractivity contribution in [3.8, 4) is 0 Å². The van der Waals surface area contributed by atoms with Gasteiger partial charge in [0.2, 0.25) is 0 Å². The maximum absolute atomic E-state index is 10.5. The number of carbonyl (C=O) groups excluding carboxylic acids is 1. The molecule has 0 aliphatic carbocycles. The lowest BCUT2D eigenvalue weighted by Crippen LogP contribution is -2.27. The van der Waals surface area contributed by atoms with Gasteiger partial charge in [-0.2, -0.15) is 0 Å². The van der Waals surface area contributed by atoms with Crippen LogP contribution in [0.25, 0.3) is 0 Å². The Bertz CT molecular complexity index is 113. The topological polar surface area (TPSA) is 52.3 Å². The van der Waals surface area contributed by atoms with Gasteiger partial charge in [0.05, 0.1) is 12.0 Å². The fraction of sp³-hybridized carbons (Fsp3) is 0.800. The average molecular weight is 115 g/mol. The second-order valence-electron chi connectivity index (χ2n) is 2.08. The molecule has 0 aromatic heterocycles. The molecular weight excluding hydrogens is 106 g/mol. The summed E-state index contributed by atoms with van der Waals surface area (Å²) >= 11 is 0. The van der Waals surface area contributed by atoms with Crippen molar-refractivity contribution in [2.24, 2.45) is 11.7 Å². The standard InChI is InChI=1S/C5H9NO2/c1-3-4(6)2-8-5(3)7/h3-4H,2,6H2,1H3/t3-,4+/m0/s1. The first-order chi connectivity index (χ1) is 3.72. The molecule has 3 nitrogen and oxygen atoms in total. The maximum atomic E-state index is 10.5. The second kappa shape index (κ2) is 1.74. The van der Waals surface area contributed by atoms with Crippen LogP contribution in [0.4, 0.5) is 0 Å². The molecule has 0 spiro atoms. The quantitative estimate of drug-likeness (QED) is 0.433. The third-order valence-electron chi connectivity index (χ3n) is 1.43. The van der Waals surface area contributed by atoms with E-state index in [4.69, 9.17) is 5.73 Å². The van der Waals surface area contributed by atoms with Gasteiger partial charge >= 0.3 is 5.97 Å². The lowest BCUT2D eigenvalue weighted by atomic mass is 10.1. The molecule has 0 unspecified atom stereocenters. The number of carbonyl (C=O) groups is 1. The fourth-order valence-electron chi connectivity index (χ4n) is 0.629. The Hall–Kier alpha value is -0.570. The van der Waals surface area contributed by atoms with Crippen LogP contribution in [0.1, 0.15) is 6.92 Å². The molecule has 0 bridgehead atoms. The molecule has 3 heteroatoms. The number of esters is 1. The highest BCUT2D eigenvalue weighted by Crippen LogP contribution is 2.10. The van der Waals surface area contributed by atoms with E-state index in [-0.39, 0.29) is 17.9 Å². The maximum Gasteiger partial charge on any atom is 0.310 e. The minimum absolute atomic E-state index is 0.0810. The predicted octanol–water partition coefficient (Wildman–Crippen LogP) is -0.493. The van der Waals surface area contributed by atoms with Crippen LogP contribution in [-0.2, 0) is 9.53 Å². The van der Waals surface area contributed by atoms with Crippen molar-refractivity contribution in [3.05, 3.63) is 0 Å². The van der Waals surface area contributed by atoms with Crippen LogP contribution in [0.2, 0.25) is 0 Å². The Morgan fingerprint density at radius 3 is 2.62 bits per heavy atom. The first-order valence-electron chi connectivity index (χ1n) is 2.64. The van der Waals surface area contributed by atoms with Gasteiger partial charge in [-0.1, -0.05) is 6.92 Å². The van der Waals surface area contributed by atoms with Crippen LogP contribution < -0.4 is 5.73 Å². The molecule has 0 amide bonds. The van der Waals surface area contributed by atoms with Gasteiger partial charge in [0.1, 0.15) is 6.61 Å². The van der Waals surface area contributed by atoms with Crippen molar-refractivity contribution in [3.63, 3.8) is 0 Å². The number of hydrogen-bond donors (Lipinski definition) is 1. The van der Waals surface area contributed by atoms with Gasteiger partial charge in [-0.15, -0.1) is 0 Å². The molecule has 0 aromatic carbocycles.